The molecule has 0 radical (unpaired) electrons. The smallest absolute Gasteiger partial charge is 0.0443 e. The molecule has 0 heteroatoms. The first kappa shape index (κ1) is 7.11. The molecule has 0 aromatic heterocycles. The third-order valence-electron chi connectivity index (χ3n) is 2.55. The van der Waals surface area contributed by atoms with Gasteiger partial charge in [-0.25, -0.2) is 0 Å². The summed E-state index contributed by atoms with van der Waals surface area (Å²) in [6.07, 6.45) is 7.37. The van der Waals surface area contributed by atoms with Crippen molar-refractivity contribution in [2.24, 2.45) is 11.8 Å². The first-order valence-corrected chi connectivity index (χ1v) is 4.29. The largest absolute Gasteiger partial charge is 0.0625 e. The van der Waals surface area contributed by atoms with Gasteiger partial charge >= 0.3 is 0 Å². The van der Waals surface area contributed by atoms with Crippen LogP contribution in [0.5, 0.6) is 0 Å². The highest BCUT2D eigenvalue weighted by atomic mass is 14.2. The summed E-state index contributed by atoms with van der Waals surface area (Å²) in [6.45, 7) is 4.77. The van der Waals surface area contributed by atoms with Crippen LogP contribution in [-0.2, 0) is 0 Å². The van der Waals surface area contributed by atoms with Gasteiger partial charge in [-0.2, -0.15) is 0 Å². The number of hydrogen-bond acceptors (Lipinski definition) is 0. The van der Waals surface area contributed by atoms with E-state index in [9.17, 15) is 0 Å². The lowest BCUT2D eigenvalue weighted by Gasteiger charge is -2.05. The molecule has 2 atom stereocenters. The Labute approximate surface area is 58.7 Å². The van der Waals surface area contributed by atoms with E-state index in [-0.39, 0.29) is 0 Å². The monoisotopic (exact) mass is 126 g/mol. The van der Waals surface area contributed by atoms with Crippen molar-refractivity contribution in [3.63, 3.8) is 0 Å². The van der Waals surface area contributed by atoms with E-state index in [1.54, 1.807) is 0 Å². The lowest BCUT2D eigenvalue weighted by Crippen LogP contribution is -1.91. The van der Waals surface area contributed by atoms with E-state index in [4.69, 9.17) is 0 Å². The van der Waals surface area contributed by atoms with Gasteiger partial charge in [0.25, 0.3) is 0 Å². The van der Waals surface area contributed by atoms with Crippen LogP contribution in [0.1, 0.15) is 46.0 Å². The van der Waals surface area contributed by atoms with Crippen LogP contribution in [-0.4, -0.2) is 0 Å². The summed E-state index contributed by atoms with van der Waals surface area (Å²) in [5.74, 6) is 2.02. The zero-order chi connectivity index (χ0) is 6.69. The van der Waals surface area contributed by atoms with Gasteiger partial charge in [-0.3, -0.25) is 0 Å². The summed E-state index contributed by atoms with van der Waals surface area (Å²) in [5.41, 5.74) is 0. The molecule has 0 heterocycles. The van der Waals surface area contributed by atoms with E-state index < -0.39 is 0 Å². The van der Waals surface area contributed by atoms with Crippen molar-refractivity contribution >= 4 is 0 Å². The topological polar surface area (TPSA) is 0 Å². The molecule has 9 heavy (non-hydrogen) atoms. The highest BCUT2D eigenvalue weighted by molar-refractivity contribution is 4.64. The average Bonchev–Trinajstić information content (AvgIpc) is 1.97. The predicted octanol–water partition coefficient (Wildman–Crippen LogP) is 3.22. The predicted molar refractivity (Wildman–Crippen MR) is 41.4 cm³/mol. The molecule has 0 bridgehead atoms. The maximum atomic E-state index is 2.39. The molecule has 0 amide bonds. The highest BCUT2D eigenvalue weighted by Gasteiger charge is 2.11. The molecule has 54 valence electrons. The molecule has 0 saturated heterocycles. The number of rotatable bonds is 0. The fourth-order valence-electron chi connectivity index (χ4n) is 1.67. The Bertz CT molecular complexity index is 66.1. The SMILES string of the molecule is C[C@H]1CCC[C@H](C)CC1. The standard InChI is InChI=1S/C9H18/c1-8-4-3-5-9(2)7-6-8/h8-9H,3-7H2,1-2H3/t8-,9-/m0/s1. The summed E-state index contributed by atoms with van der Waals surface area (Å²) in [5, 5.41) is 0. The minimum absolute atomic E-state index is 1.01. The molecule has 0 aromatic rings. The van der Waals surface area contributed by atoms with E-state index in [1.165, 1.54) is 32.1 Å². The molecule has 1 aliphatic rings. The maximum Gasteiger partial charge on any atom is -0.0443 e. The first-order chi connectivity index (χ1) is 4.29. The van der Waals surface area contributed by atoms with Gasteiger partial charge in [0.15, 0.2) is 0 Å². The van der Waals surface area contributed by atoms with Gasteiger partial charge in [0.1, 0.15) is 0 Å². The van der Waals surface area contributed by atoms with Crippen molar-refractivity contribution in [2.75, 3.05) is 0 Å². The Kier molecular flexibility index (Phi) is 2.56. The molecule has 0 unspecified atom stereocenters. The zero-order valence-corrected chi connectivity index (χ0v) is 6.69. The fourth-order valence-corrected chi connectivity index (χ4v) is 1.67. The van der Waals surface area contributed by atoms with Crippen LogP contribution in [0.15, 0.2) is 0 Å². The second kappa shape index (κ2) is 3.24. The van der Waals surface area contributed by atoms with Crippen molar-refractivity contribution < 1.29 is 0 Å². The minimum Gasteiger partial charge on any atom is -0.0625 e. The van der Waals surface area contributed by atoms with Crippen LogP contribution in [0.4, 0.5) is 0 Å². The lowest BCUT2D eigenvalue weighted by atomic mass is 10.0. The minimum atomic E-state index is 1.01. The summed E-state index contributed by atoms with van der Waals surface area (Å²) in [7, 11) is 0. The van der Waals surface area contributed by atoms with Crippen LogP contribution in [0.2, 0.25) is 0 Å². The Hall–Kier alpha value is 0. The van der Waals surface area contributed by atoms with Crippen molar-refractivity contribution in [2.45, 2.75) is 46.0 Å². The van der Waals surface area contributed by atoms with Crippen LogP contribution >= 0.6 is 0 Å². The van der Waals surface area contributed by atoms with E-state index in [1.807, 2.05) is 0 Å². The van der Waals surface area contributed by atoms with E-state index in [0.29, 0.717) is 0 Å². The highest BCUT2D eigenvalue weighted by Crippen LogP contribution is 2.25. The average molecular weight is 126 g/mol. The van der Waals surface area contributed by atoms with E-state index in [0.717, 1.165) is 11.8 Å². The van der Waals surface area contributed by atoms with Gasteiger partial charge in [0, 0.05) is 0 Å². The lowest BCUT2D eigenvalue weighted by molar-refractivity contribution is 0.476. The summed E-state index contributed by atoms with van der Waals surface area (Å²) in [6, 6.07) is 0. The van der Waals surface area contributed by atoms with Gasteiger partial charge < -0.3 is 0 Å². The normalized spacial score (nSPS) is 38.0. The molecular formula is C9H18. The summed E-state index contributed by atoms with van der Waals surface area (Å²) in [4.78, 5) is 0. The Morgan fingerprint density at radius 2 is 1.22 bits per heavy atom. The molecule has 0 nitrogen and oxygen atoms in total. The quantitative estimate of drug-likeness (QED) is 0.437. The van der Waals surface area contributed by atoms with Crippen molar-refractivity contribution in [1.82, 2.24) is 0 Å². The van der Waals surface area contributed by atoms with Crippen molar-refractivity contribution in [1.29, 1.82) is 0 Å². The maximum absolute atomic E-state index is 2.39. The molecule has 1 rings (SSSR count). The molecule has 0 aromatic carbocycles. The fraction of sp³-hybridized carbons (Fsp3) is 1.00. The van der Waals surface area contributed by atoms with E-state index >= 15 is 0 Å². The molecule has 0 N–H and O–H groups in total. The molecule has 0 spiro atoms. The molecule has 1 saturated carbocycles. The molecular weight excluding hydrogens is 108 g/mol. The molecule has 1 fully saturated rings. The third-order valence-corrected chi connectivity index (χ3v) is 2.55. The van der Waals surface area contributed by atoms with Gasteiger partial charge in [0.05, 0.1) is 0 Å². The summed E-state index contributed by atoms with van der Waals surface area (Å²) >= 11 is 0. The van der Waals surface area contributed by atoms with Crippen molar-refractivity contribution in [3.8, 4) is 0 Å². The Balaban J connectivity index is 2.25. The van der Waals surface area contributed by atoms with Crippen LogP contribution in [0, 0.1) is 11.8 Å². The first-order valence-electron chi connectivity index (χ1n) is 4.29. The third kappa shape index (κ3) is 2.38. The van der Waals surface area contributed by atoms with Crippen LogP contribution in [0.3, 0.4) is 0 Å². The number of hydrogen-bond donors (Lipinski definition) is 0. The van der Waals surface area contributed by atoms with Gasteiger partial charge in [-0.1, -0.05) is 46.0 Å². The summed E-state index contributed by atoms with van der Waals surface area (Å²) < 4.78 is 0. The van der Waals surface area contributed by atoms with Crippen LogP contribution in [0.25, 0.3) is 0 Å². The van der Waals surface area contributed by atoms with E-state index in [2.05, 4.69) is 13.8 Å². The molecule has 0 aliphatic heterocycles. The Morgan fingerprint density at radius 1 is 0.778 bits per heavy atom. The molecule has 1 aliphatic carbocycles. The second-order valence-electron chi connectivity index (χ2n) is 3.72. The van der Waals surface area contributed by atoms with Gasteiger partial charge in [-0.05, 0) is 11.8 Å². The van der Waals surface area contributed by atoms with Gasteiger partial charge in [-0.15, -0.1) is 0 Å². The second-order valence-corrected chi connectivity index (χ2v) is 3.72. The Morgan fingerprint density at radius 3 is 1.67 bits per heavy atom. The van der Waals surface area contributed by atoms with Crippen LogP contribution < -0.4 is 0 Å². The van der Waals surface area contributed by atoms with Gasteiger partial charge in [0.2, 0.25) is 0 Å². The van der Waals surface area contributed by atoms with Crippen molar-refractivity contribution in [3.05, 3.63) is 0 Å². The zero-order valence-electron chi connectivity index (χ0n) is 6.69.